The van der Waals surface area contributed by atoms with Crippen molar-refractivity contribution in [3.05, 3.63) is 59.4 Å². The molecule has 2 aromatic carbocycles. The van der Waals surface area contributed by atoms with Crippen molar-refractivity contribution in [1.82, 2.24) is 0 Å². The van der Waals surface area contributed by atoms with Crippen LogP contribution in [-0.2, 0) is 5.60 Å². The van der Waals surface area contributed by atoms with Crippen molar-refractivity contribution >= 4 is 11.6 Å². The topological polar surface area (TPSA) is 20.2 Å². The summed E-state index contributed by atoms with van der Waals surface area (Å²) < 4.78 is 13.2. The van der Waals surface area contributed by atoms with Gasteiger partial charge in [0.25, 0.3) is 0 Å². The zero-order valence-electron chi connectivity index (χ0n) is 12.4. The molecule has 3 heteroatoms. The van der Waals surface area contributed by atoms with Gasteiger partial charge >= 0.3 is 0 Å². The molecule has 0 fully saturated rings. The van der Waals surface area contributed by atoms with E-state index in [1.165, 1.54) is 12.1 Å². The van der Waals surface area contributed by atoms with Crippen LogP contribution >= 0.6 is 11.6 Å². The van der Waals surface area contributed by atoms with E-state index < -0.39 is 5.60 Å². The Morgan fingerprint density at radius 1 is 1.14 bits per heavy atom. The molecule has 21 heavy (non-hydrogen) atoms. The molecular weight excluding hydrogens is 287 g/mol. The normalized spacial score (nSPS) is 14.0. The first-order valence-corrected chi connectivity index (χ1v) is 7.63. The van der Waals surface area contributed by atoms with Crippen molar-refractivity contribution in [2.45, 2.75) is 32.3 Å². The predicted molar refractivity (Wildman–Crippen MR) is 86.1 cm³/mol. The minimum absolute atomic E-state index is 0.225. The lowest BCUT2D eigenvalue weighted by Gasteiger charge is -2.23. The molecule has 1 atom stereocenters. The number of halogens is 2. The van der Waals surface area contributed by atoms with Gasteiger partial charge in [0.15, 0.2) is 0 Å². The van der Waals surface area contributed by atoms with E-state index in [-0.39, 0.29) is 5.82 Å². The van der Waals surface area contributed by atoms with Crippen LogP contribution in [0.15, 0.2) is 42.5 Å². The van der Waals surface area contributed by atoms with Crippen molar-refractivity contribution in [3.63, 3.8) is 0 Å². The van der Waals surface area contributed by atoms with Crippen molar-refractivity contribution in [2.75, 3.05) is 5.88 Å². The summed E-state index contributed by atoms with van der Waals surface area (Å²) in [5, 5.41) is 10.5. The third-order valence-corrected chi connectivity index (χ3v) is 4.07. The van der Waals surface area contributed by atoms with Crippen LogP contribution in [0.25, 0.3) is 11.1 Å². The lowest BCUT2D eigenvalue weighted by Crippen LogP contribution is -2.21. The minimum atomic E-state index is -0.870. The number of hydrogen-bond donors (Lipinski definition) is 1. The molecule has 0 aromatic heterocycles. The monoisotopic (exact) mass is 306 g/mol. The predicted octanol–water partition coefficient (Wildman–Crippen LogP) is 5.03. The van der Waals surface area contributed by atoms with Crippen LogP contribution in [0.4, 0.5) is 4.39 Å². The van der Waals surface area contributed by atoms with Crippen molar-refractivity contribution in [1.29, 1.82) is 0 Å². The molecular formula is C18H20ClFO. The molecule has 0 heterocycles. The molecule has 1 N–H and O–H groups in total. The first-order valence-electron chi connectivity index (χ1n) is 7.09. The highest BCUT2D eigenvalue weighted by Crippen LogP contribution is 2.30. The van der Waals surface area contributed by atoms with Gasteiger partial charge in [-0.3, -0.25) is 0 Å². The zero-order valence-corrected chi connectivity index (χ0v) is 13.1. The molecule has 2 aromatic rings. The second kappa shape index (κ2) is 6.59. The molecule has 1 unspecified atom stereocenters. The Morgan fingerprint density at radius 2 is 1.81 bits per heavy atom. The van der Waals surface area contributed by atoms with Crippen molar-refractivity contribution < 1.29 is 9.50 Å². The summed E-state index contributed by atoms with van der Waals surface area (Å²) in [7, 11) is 0. The smallest absolute Gasteiger partial charge is 0.123 e. The van der Waals surface area contributed by atoms with Gasteiger partial charge < -0.3 is 5.11 Å². The molecule has 0 spiro atoms. The van der Waals surface area contributed by atoms with Gasteiger partial charge in [0.05, 0.1) is 5.60 Å². The molecule has 112 valence electrons. The standard InChI is InChI=1S/C18H20ClFO/c1-13-12-16(20)8-9-17(13)14-4-6-15(7-5-14)18(2,21)10-3-11-19/h4-9,12,21H,3,10-11H2,1-2H3. The van der Waals surface area contributed by atoms with E-state index >= 15 is 0 Å². The van der Waals surface area contributed by atoms with E-state index in [9.17, 15) is 9.50 Å². The average Bonchev–Trinajstić information content (AvgIpc) is 2.45. The summed E-state index contributed by atoms with van der Waals surface area (Å²) in [6.45, 7) is 3.70. The average molecular weight is 307 g/mol. The summed E-state index contributed by atoms with van der Waals surface area (Å²) in [6.07, 6.45) is 1.40. The van der Waals surface area contributed by atoms with Gasteiger partial charge in [-0.25, -0.2) is 4.39 Å². The lowest BCUT2D eigenvalue weighted by molar-refractivity contribution is 0.0472. The number of alkyl halides is 1. The van der Waals surface area contributed by atoms with Gasteiger partial charge in [-0.15, -0.1) is 11.6 Å². The number of benzene rings is 2. The van der Waals surface area contributed by atoms with Gasteiger partial charge in [-0.05, 0) is 61.1 Å². The van der Waals surface area contributed by atoms with E-state index in [4.69, 9.17) is 11.6 Å². The molecule has 0 aliphatic heterocycles. The Labute approximate surface area is 130 Å². The van der Waals surface area contributed by atoms with Crippen molar-refractivity contribution in [2.24, 2.45) is 0 Å². The molecule has 1 nitrogen and oxygen atoms in total. The molecule has 0 saturated carbocycles. The van der Waals surface area contributed by atoms with E-state index in [2.05, 4.69) is 0 Å². The number of rotatable bonds is 5. The van der Waals surface area contributed by atoms with Crippen LogP contribution in [0.1, 0.15) is 30.9 Å². The highest BCUT2D eigenvalue weighted by atomic mass is 35.5. The van der Waals surface area contributed by atoms with Crippen LogP contribution < -0.4 is 0 Å². The van der Waals surface area contributed by atoms with Crippen LogP contribution in [0.5, 0.6) is 0 Å². The Kier molecular flexibility index (Phi) is 5.02. The highest BCUT2D eigenvalue weighted by Gasteiger charge is 2.22. The first kappa shape index (κ1) is 16.0. The van der Waals surface area contributed by atoms with E-state index in [1.54, 1.807) is 13.0 Å². The zero-order chi connectivity index (χ0) is 15.5. The van der Waals surface area contributed by atoms with Gasteiger partial charge in [-0.2, -0.15) is 0 Å². The number of hydrogen-bond acceptors (Lipinski definition) is 1. The summed E-state index contributed by atoms with van der Waals surface area (Å²) >= 11 is 5.69. The Bertz CT molecular complexity index is 605. The largest absolute Gasteiger partial charge is 0.385 e. The van der Waals surface area contributed by atoms with E-state index in [0.717, 1.165) is 28.7 Å². The Hall–Kier alpha value is -1.38. The Morgan fingerprint density at radius 3 is 2.38 bits per heavy atom. The molecule has 0 radical (unpaired) electrons. The van der Waals surface area contributed by atoms with Crippen LogP contribution in [0, 0.1) is 12.7 Å². The van der Waals surface area contributed by atoms with E-state index in [0.29, 0.717) is 12.3 Å². The van der Waals surface area contributed by atoms with Gasteiger partial charge in [-0.1, -0.05) is 30.3 Å². The maximum absolute atomic E-state index is 13.2. The fraction of sp³-hybridized carbons (Fsp3) is 0.333. The minimum Gasteiger partial charge on any atom is -0.385 e. The number of aryl methyl sites for hydroxylation is 1. The Balaban J connectivity index is 2.26. The summed E-state index contributed by atoms with van der Waals surface area (Å²) in [5.41, 5.74) is 2.92. The molecule has 0 aliphatic rings. The SMILES string of the molecule is Cc1cc(F)ccc1-c1ccc(C(C)(O)CCCCl)cc1. The summed E-state index contributed by atoms with van der Waals surface area (Å²) in [4.78, 5) is 0. The van der Waals surface area contributed by atoms with Crippen LogP contribution in [0.3, 0.4) is 0 Å². The molecule has 0 aliphatic carbocycles. The molecule has 0 saturated heterocycles. The fourth-order valence-corrected chi connectivity index (χ4v) is 2.65. The number of aliphatic hydroxyl groups is 1. The van der Waals surface area contributed by atoms with Gasteiger partial charge in [0.2, 0.25) is 0 Å². The van der Waals surface area contributed by atoms with Crippen LogP contribution in [-0.4, -0.2) is 11.0 Å². The first-order chi connectivity index (χ1) is 9.94. The molecule has 0 amide bonds. The van der Waals surface area contributed by atoms with Gasteiger partial charge in [0.1, 0.15) is 5.82 Å². The summed E-state index contributed by atoms with van der Waals surface area (Å²) in [5.74, 6) is 0.320. The summed E-state index contributed by atoms with van der Waals surface area (Å²) in [6, 6.07) is 12.5. The third kappa shape index (κ3) is 3.84. The van der Waals surface area contributed by atoms with Crippen molar-refractivity contribution in [3.8, 4) is 11.1 Å². The quantitative estimate of drug-likeness (QED) is 0.768. The highest BCUT2D eigenvalue weighted by molar-refractivity contribution is 6.17. The second-order valence-electron chi connectivity index (χ2n) is 5.60. The third-order valence-electron chi connectivity index (χ3n) is 3.80. The maximum Gasteiger partial charge on any atom is 0.123 e. The molecule has 0 bridgehead atoms. The van der Waals surface area contributed by atoms with Crippen LogP contribution in [0.2, 0.25) is 0 Å². The maximum atomic E-state index is 13.2. The fourth-order valence-electron chi connectivity index (χ4n) is 2.52. The van der Waals surface area contributed by atoms with E-state index in [1.807, 2.05) is 31.2 Å². The van der Waals surface area contributed by atoms with Gasteiger partial charge in [0, 0.05) is 5.88 Å². The molecule has 2 rings (SSSR count). The second-order valence-corrected chi connectivity index (χ2v) is 5.98. The lowest BCUT2D eigenvalue weighted by atomic mass is 9.89.